The van der Waals surface area contributed by atoms with Crippen molar-refractivity contribution in [3.63, 3.8) is 0 Å². The normalized spacial score (nSPS) is 11.3. The van der Waals surface area contributed by atoms with Gasteiger partial charge in [-0.05, 0) is 44.2 Å². The maximum atomic E-state index is 12.8. The van der Waals surface area contributed by atoms with Crippen LogP contribution in [-0.4, -0.2) is 31.4 Å². The quantitative estimate of drug-likeness (QED) is 0.633. The van der Waals surface area contributed by atoms with E-state index < -0.39 is 10.0 Å². The Bertz CT molecular complexity index is 1140. The Labute approximate surface area is 174 Å². The van der Waals surface area contributed by atoms with Gasteiger partial charge in [0.15, 0.2) is 0 Å². The first-order valence-electron chi connectivity index (χ1n) is 8.73. The second-order valence-corrected chi connectivity index (χ2v) is 8.67. The Morgan fingerprint density at radius 2 is 1.90 bits per heavy atom. The fourth-order valence-electron chi connectivity index (χ4n) is 2.80. The number of amides is 1. The third-order valence-electron chi connectivity index (χ3n) is 4.43. The number of para-hydroxylation sites is 1. The van der Waals surface area contributed by atoms with E-state index in [1.807, 2.05) is 0 Å². The maximum absolute atomic E-state index is 12.8. The van der Waals surface area contributed by atoms with E-state index in [1.54, 1.807) is 51.2 Å². The van der Waals surface area contributed by atoms with Gasteiger partial charge in [0.2, 0.25) is 0 Å². The summed E-state index contributed by atoms with van der Waals surface area (Å²) < 4.78 is 33.0. The zero-order valence-electron chi connectivity index (χ0n) is 16.1. The molecule has 3 aromatic rings. The summed E-state index contributed by atoms with van der Waals surface area (Å²) in [4.78, 5) is 14.3. The van der Waals surface area contributed by atoms with Gasteiger partial charge in [0.05, 0.1) is 27.8 Å². The minimum atomic E-state index is -3.91. The maximum Gasteiger partial charge on any atom is 0.261 e. The lowest BCUT2D eigenvalue weighted by Gasteiger charge is -2.17. The predicted molar refractivity (Wildman–Crippen MR) is 110 cm³/mol. The van der Waals surface area contributed by atoms with Crippen LogP contribution >= 0.6 is 11.6 Å². The molecule has 0 saturated heterocycles. The average Bonchev–Trinajstić information content (AvgIpc) is 3.01. The summed E-state index contributed by atoms with van der Waals surface area (Å²) in [7, 11) is -2.27. The van der Waals surface area contributed by atoms with Crippen molar-refractivity contribution in [1.82, 2.24) is 10.1 Å². The number of aromatic nitrogens is 1. The fraction of sp³-hybridized carbons (Fsp3) is 0.200. The monoisotopic (exact) mass is 433 g/mol. The van der Waals surface area contributed by atoms with Crippen LogP contribution < -0.4 is 4.72 Å². The zero-order chi connectivity index (χ0) is 21.2. The number of aryl methyl sites for hydroxylation is 2. The number of hydrogen-bond donors (Lipinski definition) is 1. The van der Waals surface area contributed by atoms with Gasteiger partial charge < -0.3 is 9.42 Å². The first-order valence-corrected chi connectivity index (χ1v) is 10.6. The van der Waals surface area contributed by atoms with Crippen LogP contribution in [0.2, 0.25) is 5.02 Å². The number of rotatable bonds is 6. The molecular formula is C20H20ClN3O4S. The molecule has 152 valence electrons. The Morgan fingerprint density at radius 3 is 2.55 bits per heavy atom. The van der Waals surface area contributed by atoms with Crippen LogP contribution in [0.4, 0.5) is 5.69 Å². The lowest BCUT2D eigenvalue weighted by Crippen LogP contribution is -2.27. The third-order valence-corrected chi connectivity index (χ3v) is 6.13. The molecule has 0 unspecified atom stereocenters. The van der Waals surface area contributed by atoms with Crippen molar-refractivity contribution < 1.29 is 17.7 Å². The van der Waals surface area contributed by atoms with E-state index in [0.717, 1.165) is 5.56 Å². The van der Waals surface area contributed by atoms with Crippen molar-refractivity contribution in [3.8, 4) is 0 Å². The lowest BCUT2D eigenvalue weighted by atomic mass is 10.1. The largest absolute Gasteiger partial charge is 0.361 e. The number of hydrogen-bond acceptors (Lipinski definition) is 5. The molecule has 0 saturated carbocycles. The standard InChI is InChI=1S/C20H20ClN3O4S/c1-13-17(14(2)28-22-13)12-24(3)20(25)15-7-6-8-16(11-15)29(26,27)23-19-10-5-4-9-18(19)21/h4-11,23H,12H2,1-3H3. The van der Waals surface area contributed by atoms with Crippen molar-refractivity contribution >= 4 is 33.2 Å². The smallest absolute Gasteiger partial charge is 0.261 e. The van der Waals surface area contributed by atoms with Crippen molar-refractivity contribution in [1.29, 1.82) is 0 Å². The summed E-state index contributed by atoms with van der Waals surface area (Å²) in [6, 6.07) is 12.4. The average molecular weight is 434 g/mol. The molecule has 0 bridgehead atoms. The number of carbonyl (C=O) groups excluding carboxylic acids is 1. The minimum absolute atomic E-state index is 0.0333. The predicted octanol–water partition coefficient (Wildman–Crippen LogP) is 4.02. The number of halogens is 1. The van der Waals surface area contributed by atoms with Gasteiger partial charge in [-0.15, -0.1) is 0 Å². The second kappa shape index (κ2) is 8.26. The van der Waals surface area contributed by atoms with Crippen molar-refractivity contribution in [2.75, 3.05) is 11.8 Å². The molecule has 0 aliphatic rings. The summed E-state index contributed by atoms with van der Waals surface area (Å²) in [5.41, 5.74) is 2.05. The Balaban J connectivity index is 1.83. The summed E-state index contributed by atoms with van der Waals surface area (Å²) >= 11 is 6.03. The van der Waals surface area contributed by atoms with Crippen LogP contribution in [0.5, 0.6) is 0 Å². The van der Waals surface area contributed by atoms with Crippen LogP contribution in [0.1, 0.15) is 27.4 Å². The summed E-state index contributed by atoms with van der Waals surface area (Å²) in [5, 5.41) is 4.16. The number of sulfonamides is 1. The van der Waals surface area contributed by atoms with E-state index in [2.05, 4.69) is 9.88 Å². The lowest BCUT2D eigenvalue weighted by molar-refractivity contribution is 0.0784. The SMILES string of the molecule is Cc1noc(C)c1CN(C)C(=O)c1cccc(S(=O)(=O)Nc2ccccc2Cl)c1. The van der Waals surface area contributed by atoms with Gasteiger partial charge in [-0.3, -0.25) is 9.52 Å². The van der Waals surface area contributed by atoms with Crippen molar-refractivity contribution in [2.24, 2.45) is 0 Å². The topological polar surface area (TPSA) is 92.5 Å². The highest BCUT2D eigenvalue weighted by atomic mass is 35.5. The van der Waals surface area contributed by atoms with Gasteiger partial charge in [0.1, 0.15) is 5.76 Å². The second-order valence-electron chi connectivity index (χ2n) is 6.58. The number of anilines is 1. The highest BCUT2D eigenvalue weighted by Crippen LogP contribution is 2.24. The highest BCUT2D eigenvalue weighted by molar-refractivity contribution is 7.92. The number of nitrogens with zero attached hydrogens (tertiary/aromatic N) is 2. The molecule has 1 amide bonds. The molecule has 0 radical (unpaired) electrons. The Kier molecular flexibility index (Phi) is 5.95. The Hall–Kier alpha value is -2.84. The van der Waals surface area contributed by atoms with E-state index in [4.69, 9.17) is 16.1 Å². The fourth-order valence-corrected chi connectivity index (χ4v) is 4.17. The molecule has 3 rings (SSSR count). The van der Waals surface area contributed by atoms with Gasteiger partial charge in [0, 0.05) is 18.2 Å². The molecule has 0 aliphatic heterocycles. The van der Waals surface area contributed by atoms with Crippen LogP contribution in [0.15, 0.2) is 57.9 Å². The molecule has 2 aromatic carbocycles. The van der Waals surface area contributed by atoms with E-state index >= 15 is 0 Å². The summed E-state index contributed by atoms with van der Waals surface area (Å²) in [6.45, 7) is 3.88. The van der Waals surface area contributed by atoms with E-state index in [0.29, 0.717) is 18.0 Å². The van der Waals surface area contributed by atoms with Crippen LogP contribution in [-0.2, 0) is 16.6 Å². The van der Waals surface area contributed by atoms with Crippen molar-refractivity contribution in [3.05, 3.63) is 76.1 Å². The minimum Gasteiger partial charge on any atom is -0.361 e. The molecule has 0 spiro atoms. The third kappa shape index (κ3) is 4.60. The first kappa shape index (κ1) is 20.9. The molecular weight excluding hydrogens is 414 g/mol. The molecule has 1 aromatic heterocycles. The number of benzene rings is 2. The van der Waals surface area contributed by atoms with Gasteiger partial charge in [-0.1, -0.05) is 35.0 Å². The molecule has 0 atom stereocenters. The number of nitrogens with one attached hydrogen (secondary N) is 1. The van der Waals surface area contributed by atoms with E-state index in [1.165, 1.54) is 23.1 Å². The first-order chi connectivity index (χ1) is 13.7. The summed E-state index contributed by atoms with van der Waals surface area (Å²) in [5.74, 6) is 0.321. The van der Waals surface area contributed by atoms with Crippen LogP contribution in [0.25, 0.3) is 0 Å². The van der Waals surface area contributed by atoms with E-state index in [9.17, 15) is 13.2 Å². The molecule has 7 nitrogen and oxygen atoms in total. The van der Waals surface area contributed by atoms with Gasteiger partial charge >= 0.3 is 0 Å². The van der Waals surface area contributed by atoms with E-state index in [-0.39, 0.29) is 27.1 Å². The van der Waals surface area contributed by atoms with Crippen LogP contribution in [0.3, 0.4) is 0 Å². The highest BCUT2D eigenvalue weighted by Gasteiger charge is 2.20. The van der Waals surface area contributed by atoms with Gasteiger partial charge in [-0.2, -0.15) is 0 Å². The number of carbonyl (C=O) groups is 1. The summed E-state index contributed by atoms with van der Waals surface area (Å²) in [6.07, 6.45) is 0. The van der Waals surface area contributed by atoms with Gasteiger partial charge in [-0.25, -0.2) is 8.42 Å². The molecule has 1 N–H and O–H groups in total. The zero-order valence-corrected chi connectivity index (χ0v) is 17.7. The van der Waals surface area contributed by atoms with Crippen molar-refractivity contribution in [2.45, 2.75) is 25.3 Å². The molecule has 0 fully saturated rings. The molecule has 29 heavy (non-hydrogen) atoms. The molecule has 0 aliphatic carbocycles. The van der Waals surface area contributed by atoms with Crippen LogP contribution in [0, 0.1) is 13.8 Å². The van der Waals surface area contributed by atoms with Gasteiger partial charge in [0.25, 0.3) is 15.9 Å². The molecule has 1 heterocycles. The Morgan fingerprint density at radius 1 is 1.17 bits per heavy atom. The molecule has 9 heteroatoms.